The zero-order valence-corrected chi connectivity index (χ0v) is 13.1. The monoisotopic (exact) mass is 304 g/mol. The van der Waals surface area contributed by atoms with E-state index in [9.17, 15) is 4.79 Å². The number of imidazole rings is 1. The van der Waals surface area contributed by atoms with Gasteiger partial charge in [-0.1, -0.05) is 6.07 Å². The summed E-state index contributed by atoms with van der Waals surface area (Å²) in [5.41, 5.74) is 1.91. The van der Waals surface area contributed by atoms with Crippen molar-refractivity contribution in [2.75, 3.05) is 18.1 Å². The average molecular weight is 304 g/mol. The van der Waals surface area contributed by atoms with E-state index in [-0.39, 0.29) is 6.03 Å². The molecule has 2 aromatic rings. The molecule has 2 rings (SSSR count). The van der Waals surface area contributed by atoms with Crippen molar-refractivity contribution < 1.29 is 4.79 Å². The number of amides is 2. The van der Waals surface area contributed by atoms with Gasteiger partial charge in [-0.25, -0.2) is 9.78 Å². The van der Waals surface area contributed by atoms with Crippen molar-refractivity contribution in [3.63, 3.8) is 0 Å². The SMILES string of the molecule is CSc1ccc(C)c(NC(=O)NCCCn2ccnc2)c1. The maximum absolute atomic E-state index is 11.9. The van der Waals surface area contributed by atoms with E-state index in [4.69, 9.17) is 0 Å². The van der Waals surface area contributed by atoms with Crippen LogP contribution in [0.5, 0.6) is 0 Å². The van der Waals surface area contributed by atoms with Gasteiger partial charge < -0.3 is 15.2 Å². The molecule has 1 heterocycles. The fraction of sp³-hybridized carbons (Fsp3) is 0.333. The number of nitrogens with zero attached hydrogens (tertiary/aromatic N) is 2. The summed E-state index contributed by atoms with van der Waals surface area (Å²) in [5.74, 6) is 0. The highest BCUT2D eigenvalue weighted by atomic mass is 32.2. The molecular weight excluding hydrogens is 284 g/mol. The van der Waals surface area contributed by atoms with Gasteiger partial charge in [0.1, 0.15) is 0 Å². The molecule has 112 valence electrons. The molecule has 1 aromatic heterocycles. The molecule has 0 fully saturated rings. The Hall–Kier alpha value is -1.95. The van der Waals surface area contributed by atoms with Crippen LogP contribution < -0.4 is 10.6 Å². The number of hydrogen-bond donors (Lipinski definition) is 2. The predicted molar refractivity (Wildman–Crippen MR) is 86.8 cm³/mol. The fourth-order valence-corrected chi connectivity index (χ4v) is 2.35. The smallest absolute Gasteiger partial charge is 0.319 e. The Kier molecular flexibility index (Phi) is 5.68. The van der Waals surface area contributed by atoms with Gasteiger partial charge in [0.15, 0.2) is 0 Å². The average Bonchev–Trinajstić information content (AvgIpc) is 2.99. The maximum atomic E-state index is 11.9. The number of carbonyl (C=O) groups is 1. The second-order valence-corrected chi connectivity index (χ2v) is 5.60. The van der Waals surface area contributed by atoms with Gasteiger partial charge >= 0.3 is 6.03 Å². The largest absolute Gasteiger partial charge is 0.338 e. The molecule has 2 N–H and O–H groups in total. The zero-order chi connectivity index (χ0) is 15.1. The van der Waals surface area contributed by atoms with Crippen LogP contribution in [0.1, 0.15) is 12.0 Å². The van der Waals surface area contributed by atoms with Crippen LogP contribution in [0.15, 0.2) is 41.8 Å². The number of carbonyl (C=O) groups excluding carboxylic acids is 1. The molecule has 0 spiro atoms. The lowest BCUT2D eigenvalue weighted by Crippen LogP contribution is -2.30. The van der Waals surface area contributed by atoms with Gasteiger partial charge in [0, 0.05) is 36.1 Å². The van der Waals surface area contributed by atoms with Gasteiger partial charge in [-0.3, -0.25) is 0 Å². The summed E-state index contributed by atoms with van der Waals surface area (Å²) < 4.78 is 1.99. The number of hydrogen-bond acceptors (Lipinski definition) is 3. The molecule has 6 heteroatoms. The Morgan fingerprint density at radius 3 is 3.00 bits per heavy atom. The topological polar surface area (TPSA) is 59.0 Å². The molecule has 0 atom stereocenters. The predicted octanol–water partition coefficient (Wildman–Crippen LogP) is 3.13. The van der Waals surface area contributed by atoms with Gasteiger partial charge in [0.25, 0.3) is 0 Å². The van der Waals surface area contributed by atoms with Crippen LogP contribution >= 0.6 is 11.8 Å². The van der Waals surface area contributed by atoms with E-state index in [0.29, 0.717) is 6.54 Å². The zero-order valence-electron chi connectivity index (χ0n) is 12.3. The second kappa shape index (κ2) is 7.73. The first-order chi connectivity index (χ1) is 10.2. The van der Waals surface area contributed by atoms with Crippen LogP contribution in [0.2, 0.25) is 0 Å². The van der Waals surface area contributed by atoms with Crippen molar-refractivity contribution in [1.82, 2.24) is 14.9 Å². The minimum atomic E-state index is -0.165. The number of urea groups is 1. The first-order valence-electron chi connectivity index (χ1n) is 6.84. The third-order valence-corrected chi connectivity index (χ3v) is 3.86. The maximum Gasteiger partial charge on any atom is 0.319 e. The first-order valence-corrected chi connectivity index (χ1v) is 8.07. The van der Waals surface area contributed by atoms with Crippen molar-refractivity contribution >= 4 is 23.5 Å². The van der Waals surface area contributed by atoms with Gasteiger partial charge in [-0.15, -0.1) is 11.8 Å². The van der Waals surface area contributed by atoms with E-state index in [0.717, 1.165) is 29.1 Å². The molecule has 21 heavy (non-hydrogen) atoms. The molecule has 0 aliphatic rings. The van der Waals surface area contributed by atoms with Gasteiger partial charge in [0.2, 0.25) is 0 Å². The van der Waals surface area contributed by atoms with Crippen molar-refractivity contribution in [1.29, 1.82) is 0 Å². The Labute approximate surface area is 129 Å². The lowest BCUT2D eigenvalue weighted by atomic mass is 10.2. The van der Waals surface area contributed by atoms with E-state index in [1.165, 1.54) is 0 Å². The second-order valence-electron chi connectivity index (χ2n) is 4.72. The normalized spacial score (nSPS) is 10.4. The summed E-state index contributed by atoms with van der Waals surface area (Å²) >= 11 is 1.66. The van der Waals surface area contributed by atoms with Crippen LogP contribution in [0, 0.1) is 6.92 Å². The molecule has 0 aliphatic heterocycles. The molecule has 0 bridgehead atoms. The molecule has 5 nitrogen and oxygen atoms in total. The summed E-state index contributed by atoms with van der Waals surface area (Å²) in [4.78, 5) is 17.0. The Morgan fingerprint density at radius 2 is 2.29 bits per heavy atom. The van der Waals surface area contributed by atoms with E-state index in [1.54, 1.807) is 24.3 Å². The van der Waals surface area contributed by atoms with Gasteiger partial charge in [-0.05, 0) is 37.3 Å². The lowest BCUT2D eigenvalue weighted by Gasteiger charge is -2.11. The van der Waals surface area contributed by atoms with Gasteiger partial charge in [0.05, 0.1) is 6.33 Å². The third kappa shape index (κ3) is 4.82. The van der Waals surface area contributed by atoms with Gasteiger partial charge in [-0.2, -0.15) is 0 Å². The van der Waals surface area contributed by atoms with Crippen molar-refractivity contribution in [2.45, 2.75) is 24.8 Å². The van der Waals surface area contributed by atoms with Crippen LogP contribution in [0.25, 0.3) is 0 Å². The molecule has 0 radical (unpaired) electrons. The highest BCUT2D eigenvalue weighted by molar-refractivity contribution is 7.98. The summed E-state index contributed by atoms with van der Waals surface area (Å²) in [5, 5.41) is 5.76. The van der Waals surface area contributed by atoms with E-state index in [1.807, 2.05) is 42.1 Å². The number of anilines is 1. The highest BCUT2D eigenvalue weighted by Crippen LogP contribution is 2.22. The highest BCUT2D eigenvalue weighted by Gasteiger charge is 2.05. The Morgan fingerprint density at radius 1 is 1.43 bits per heavy atom. The minimum absolute atomic E-state index is 0.165. The number of benzene rings is 1. The van der Waals surface area contributed by atoms with Crippen LogP contribution in [-0.4, -0.2) is 28.4 Å². The number of thioether (sulfide) groups is 1. The third-order valence-electron chi connectivity index (χ3n) is 3.13. The Bertz CT molecular complexity index is 583. The van der Waals surface area contributed by atoms with Crippen LogP contribution in [0.4, 0.5) is 10.5 Å². The molecule has 0 aliphatic carbocycles. The molecular formula is C15H20N4OS. The molecule has 1 aromatic carbocycles. The minimum Gasteiger partial charge on any atom is -0.338 e. The standard InChI is InChI=1S/C15H20N4OS/c1-12-4-5-13(21-2)10-14(12)18-15(20)17-6-3-8-19-9-7-16-11-19/h4-5,7,9-11H,3,6,8H2,1-2H3,(H2,17,18,20). The van der Waals surface area contributed by atoms with Crippen LogP contribution in [-0.2, 0) is 6.54 Å². The summed E-state index contributed by atoms with van der Waals surface area (Å²) in [6.07, 6.45) is 8.33. The molecule has 0 saturated heterocycles. The van der Waals surface area contributed by atoms with Crippen molar-refractivity contribution in [3.8, 4) is 0 Å². The van der Waals surface area contributed by atoms with Crippen molar-refractivity contribution in [3.05, 3.63) is 42.5 Å². The van der Waals surface area contributed by atoms with E-state index >= 15 is 0 Å². The molecule has 0 unspecified atom stereocenters. The fourth-order valence-electron chi connectivity index (χ4n) is 1.91. The van der Waals surface area contributed by atoms with Crippen LogP contribution in [0.3, 0.4) is 0 Å². The van der Waals surface area contributed by atoms with E-state index in [2.05, 4.69) is 15.6 Å². The van der Waals surface area contributed by atoms with E-state index < -0.39 is 0 Å². The summed E-state index contributed by atoms with van der Waals surface area (Å²) in [6.45, 7) is 3.46. The van der Waals surface area contributed by atoms with Crippen molar-refractivity contribution in [2.24, 2.45) is 0 Å². The number of nitrogens with one attached hydrogen (secondary N) is 2. The number of aromatic nitrogens is 2. The Balaban J connectivity index is 1.76. The summed E-state index contributed by atoms with van der Waals surface area (Å²) in [7, 11) is 0. The molecule has 2 amide bonds. The first kappa shape index (κ1) is 15.4. The summed E-state index contributed by atoms with van der Waals surface area (Å²) in [6, 6.07) is 5.89. The molecule has 0 saturated carbocycles. The number of aryl methyl sites for hydroxylation is 2. The quantitative estimate of drug-likeness (QED) is 0.637. The lowest BCUT2D eigenvalue weighted by molar-refractivity contribution is 0.252. The number of rotatable bonds is 6.